The first kappa shape index (κ1) is 19.4. The average molecular weight is 451 g/mol. The van der Waals surface area contributed by atoms with Gasteiger partial charge in [-0.2, -0.15) is 9.78 Å². The molecule has 0 spiro atoms. The van der Waals surface area contributed by atoms with Crippen LogP contribution >= 0.6 is 23.2 Å². The fourth-order valence-corrected chi connectivity index (χ4v) is 3.63. The van der Waals surface area contributed by atoms with Gasteiger partial charge in [0, 0.05) is 15.6 Å². The van der Waals surface area contributed by atoms with Gasteiger partial charge in [-0.3, -0.25) is 0 Å². The molecule has 6 nitrogen and oxygen atoms in total. The summed E-state index contributed by atoms with van der Waals surface area (Å²) in [4.78, 5) is 0. The standard InChI is InChI=1S/C22H13Cl2FN6/c23-15-4-8-19(9-5-15)31-22(27-28-29-31)20-13-26-30(18-10-6-17(25)7-11-18)21(20)14-2-1-3-16(24)12-14/h1-13H. The number of tetrazole rings is 1. The summed E-state index contributed by atoms with van der Waals surface area (Å²) >= 11 is 12.3. The van der Waals surface area contributed by atoms with Crippen molar-refractivity contribution < 1.29 is 4.39 Å². The second-order valence-electron chi connectivity index (χ2n) is 6.70. The molecule has 3 aromatic carbocycles. The quantitative estimate of drug-likeness (QED) is 0.356. The molecule has 2 heterocycles. The Bertz CT molecular complexity index is 1360. The van der Waals surface area contributed by atoms with Crippen LogP contribution in [0, 0.1) is 5.82 Å². The minimum atomic E-state index is -0.327. The molecule has 0 bridgehead atoms. The zero-order valence-corrected chi connectivity index (χ0v) is 17.3. The van der Waals surface area contributed by atoms with E-state index in [0.717, 1.165) is 16.9 Å². The molecule has 0 atom stereocenters. The summed E-state index contributed by atoms with van der Waals surface area (Å²) < 4.78 is 16.8. The Morgan fingerprint density at radius 1 is 0.774 bits per heavy atom. The van der Waals surface area contributed by atoms with Crippen LogP contribution in [0.25, 0.3) is 34.0 Å². The van der Waals surface area contributed by atoms with Crippen LogP contribution in [0.2, 0.25) is 10.0 Å². The van der Waals surface area contributed by atoms with Gasteiger partial charge in [-0.1, -0.05) is 35.3 Å². The van der Waals surface area contributed by atoms with Gasteiger partial charge in [-0.05, 0) is 71.1 Å². The molecule has 0 aliphatic rings. The third-order valence-electron chi connectivity index (χ3n) is 4.72. The molecule has 2 aromatic heterocycles. The normalized spacial score (nSPS) is 11.1. The lowest BCUT2D eigenvalue weighted by Gasteiger charge is -2.11. The van der Waals surface area contributed by atoms with Gasteiger partial charge in [0.15, 0.2) is 5.82 Å². The minimum Gasteiger partial charge on any atom is -0.232 e. The smallest absolute Gasteiger partial charge is 0.190 e. The SMILES string of the molecule is Fc1ccc(-n2ncc(-c3nnnn3-c3ccc(Cl)cc3)c2-c2cccc(Cl)c2)cc1. The van der Waals surface area contributed by atoms with E-state index in [1.807, 2.05) is 30.3 Å². The number of nitrogens with zero attached hydrogens (tertiary/aromatic N) is 6. The second kappa shape index (κ2) is 7.94. The van der Waals surface area contributed by atoms with Crippen LogP contribution < -0.4 is 0 Å². The Kier molecular flexibility index (Phi) is 4.97. The molecule has 5 rings (SSSR count). The Morgan fingerprint density at radius 3 is 2.23 bits per heavy atom. The van der Waals surface area contributed by atoms with Crippen molar-refractivity contribution in [3.63, 3.8) is 0 Å². The largest absolute Gasteiger partial charge is 0.232 e. The lowest BCUT2D eigenvalue weighted by molar-refractivity contribution is 0.627. The fourth-order valence-electron chi connectivity index (χ4n) is 3.31. The van der Waals surface area contributed by atoms with Gasteiger partial charge >= 0.3 is 0 Å². The zero-order chi connectivity index (χ0) is 21.4. The summed E-state index contributed by atoms with van der Waals surface area (Å²) in [6.45, 7) is 0. The van der Waals surface area contributed by atoms with Crippen molar-refractivity contribution in [2.45, 2.75) is 0 Å². The van der Waals surface area contributed by atoms with Crippen molar-refractivity contribution in [2.75, 3.05) is 0 Å². The average Bonchev–Trinajstić information content (AvgIpc) is 3.42. The van der Waals surface area contributed by atoms with Crippen molar-refractivity contribution in [2.24, 2.45) is 0 Å². The summed E-state index contributed by atoms with van der Waals surface area (Å²) in [6.07, 6.45) is 1.68. The van der Waals surface area contributed by atoms with Crippen LogP contribution in [0.3, 0.4) is 0 Å². The first-order chi connectivity index (χ1) is 15.1. The number of aromatic nitrogens is 6. The first-order valence-electron chi connectivity index (χ1n) is 9.25. The van der Waals surface area contributed by atoms with Crippen LogP contribution in [0.4, 0.5) is 4.39 Å². The highest BCUT2D eigenvalue weighted by Gasteiger charge is 2.22. The van der Waals surface area contributed by atoms with Crippen molar-refractivity contribution in [1.82, 2.24) is 30.0 Å². The zero-order valence-electron chi connectivity index (χ0n) is 15.8. The lowest BCUT2D eigenvalue weighted by atomic mass is 10.1. The van der Waals surface area contributed by atoms with Gasteiger partial charge < -0.3 is 0 Å². The molecule has 0 unspecified atom stereocenters. The molecule has 0 fully saturated rings. The molecule has 0 aliphatic heterocycles. The molecule has 5 aromatic rings. The number of halogens is 3. The number of benzene rings is 3. The van der Waals surface area contributed by atoms with Crippen molar-refractivity contribution in [3.8, 4) is 34.0 Å². The van der Waals surface area contributed by atoms with E-state index < -0.39 is 0 Å². The number of hydrogen-bond acceptors (Lipinski definition) is 4. The predicted octanol–water partition coefficient (Wildman–Crippen LogP) is 5.63. The minimum absolute atomic E-state index is 0.327. The van der Waals surface area contributed by atoms with Gasteiger partial charge in [-0.15, -0.1) is 5.10 Å². The molecule has 0 saturated heterocycles. The molecule has 9 heteroatoms. The third-order valence-corrected chi connectivity index (χ3v) is 5.21. The van der Waals surface area contributed by atoms with Gasteiger partial charge in [0.2, 0.25) is 0 Å². The Morgan fingerprint density at radius 2 is 1.48 bits per heavy atom. The molecule has 0 saturated carbocycles. The van der Waals surface area contributed by atoms with Gasteiger partial charge in [0.25, 0.3) is 0 Å². The monoisotopic (exact) mass is 450 g/mol. The molecular weight excluding hydrogens is 438 g/mol. The summed E-state index contributed by atoms with van der Waals surface area (Å²) in [5.74, 6) is 0.165. The Balaban J connectivity index is 1.73. The van der Waals surface area contributed by atoms with Crippen LogP contribution in [0.5, 0.6) is 0 Å². The number of rotatable bonds is 4. The summed E-state index contributed by atoms with van der Waals surface area (Å²) in [5, 5.41) is 18.0. The summed E-state index contributed by atoms with van der Waals surface area (Å²) in [7, 11) is 0. The third kappa shape index (κ3) is 3.69. The predicted molar refractivity (Wildman–Crippen MR) is 117 cm³/mol. The maximum absolute atomic E-state index is 13.5. The lowest BCUT2D eigenvalue weighted by Crippen LogP contribution is -2.02. The highest BCUT2D eigenvalue weighted by Crippen LogP contribution is 2.34. The van der Waals surface area contributed by atoms with Gasteiger partial charge in [-0.25, -0.2) is 9.07 Å². The fraction of sp³-hybridized carbons (Fsp3) is 0. The van der Waals surface area contributed by atoms with E-state index in [2.05, 4.69) is 20.6 Å². The van der Waals surface area contributed by atoms with Gasteiger partial charge in [0.1, 0.15) is 5.82 Å². The highest BCUT2D eigenvalue weighted by atomic mass is 35.5. The molecular formula is C22H13Cl2FN6. The number of hydrogen-bond donors (Lipinski definition) is 0. The van der Waals surface area contributed by atoms with Crippen molar-refractivity contribution >= 4 is 23.2 Å². The highest BCUT2D eigenvalue weighted by molar-refractivity contribution is 6.31. The van der Waals surface area contributed by atoms with Gasteiger partial charge in [0.05, 0.1) is 28.8 Å². The van der Waals surface area contributed by atoms with E-state index in [-0.39, 0.29) is 5.82 Å². The molecule has 31 heavy (non-hydrogen) atoms. The van der Waals surface area contributed by atoms with Crippen molar-refractivity contribution in [3.05, 3.63) is 94.9 Å². The molecule has 0 aliphatic carbocycles. The van der Waals surface area contributed by atoms with E-state index in [0.29, 0.717) is 27.1 Å². The van der Waals surface area contributed by atoms with E-state index in [4.69, 9.17) is 23.2 Å². The molecule has 0 amide bonds. The first-order valence-corrected chi connectivity index (χ1v) is 10.0. The van der Waals surface area contributed by atoms with Crippen LogP contribution in [-0.2, 0) is 0 Å². The Labute approximate surface area is 186 Å². The van der Waals surface area contributed by atoms with E-state index in [9.17, 15) is 4.39 Å². The van der Waals surface area contributed by atoms with Crippen LogP contribution in [0.1, 0.15) is 0 Å². The maximum atomic E-state index is 13.5. The Hall–Kier alpha value is -3.55. The molecule has 0 N–H and O–H groups in total. The van der Waals surface area contributed by atoms with Crippen molar-refractivity contribution in [1.29, 1.82) is 0 Å². The second-order valence-corrected chi connectivity index (χ2v) is 7.57. The summed E-state index contributed by atoms with van der Waals surface area (Å²) in [6, 6.07) is 20.7. The molecule has 152 valence electrons. The van der Waals surface area contributed by atoms with E-state index in [1.165, 1.54) is 12.1 Å². The van der Waals surface area contributed by atoms with E-state index >= 15 is 0 Å². The molecule has 0 radical (unpaired) electrons. The van der Waals surface area contributed by atoms with Crippen LogP contribution in [0.15, 0.2) is 79.0 Å². The summed E-state index contributed by atoms with van der Waals surface area (Å²) in [5.41, 5.74) is 3.66. The maximum Gasteiger partial charge on any atom is 0.190 e. The van der Waals surface area contributed by atoms with Crippen LogP contribution in [-0.4, -0.2) is 30.0 Å². The van der Waals surface area contributed by atoms with E-state index in [1.54, 1.807) is 45.9 Å². The topological polar surface area (TPSA) is 61.4 Å².